The topological polar surface area (TPSA) is 55.9 Å². The van der Waals surface area contributed by atoms with Crippen molar-refractivity contribution in [3.05, 3.63) is 26.5 Å². The summed E-state index contributed by atoms with van der Waals surface area (Å²) in [5.74, 6) is 0.933. The van der Waals surface area contributed by atoms with Gasteiger partial charge in [-0.2, -0.15) is 5.10 Å². The predicted molar refractivity (Wildman–Crippen MR) is 86.0 cm³/mol. The normalized spacial score (nSPS) is 11.2. The van der Waals surface area contributed by atoms with Gasteiger partial charge in [0.2, 0.25) is 0 Å². The molecule has 2 rings (SSSR count). The molecule has 4 nitrogen and oxygen atoms in total. The first-order valence-electron chi connectivity index (χ1n) is 6.31. The summed E-state index contributed by atoms with van der Waals surface area (Å²) < 4.78 is 3.12. The summed E-state index contributed by atoms with van der Waals surface area (Å²) in [4.78, 5) is 1.35. The molecule has 0 aliphatic heterocycles. The Morgan fingerprint density at radius 2 is 2.21 bits per heavy atom. The predicted octanol–water partition coefficient (Wildman–Crippen LogP) is 3.83. The molecule has 0 aliphatic carbocycles. The van der Waals surface area contributed by atoms with Gasteiger partial charge in [0.25, 0.3) is 0 Å². The van der Waals surface area contributed by atoms with Crippen molar-refractivity contribution in [3.63, 3.8) is 0 Å². The number of thiophene rings is 1. The van der Waals surface area contributed by atoms with Crippen LogP contribution in [0.5, 0.6) is 0 Å². The van der Waals surface area contributed by atoms with E-state index < -0.39 is 0 Å². The van der Waals surface area contributed by atoms with E-state index in [0.29, 0.717) is 6.04 Å². The van der Waals surface area contributed by atoms with Gasteiger partial charge in [0.05, 0.1) is 15.2 Å². The highest BCUT2D eigenvalue weighted by molar-refractivity contribution is 9.11. The number of rotatable bonds is 5. The zero-order valence-corrected chi connectivity index (χ0v) is 13.8. The molecule has 0 saturated heterocycles. The quantitative estimate of drug-likeness (QED) is 0.867. The molecule has 2 aromatic rings. The van der Waals surface area contributed by atoms with Gasteiger partial charge in [-0.15, -0.1) is 11.3 Å². The number of nitrogens with one attached hydrogen (secondary N) is 1. The summed E-state index contributed by atoms with van der Waals surface area (Å²) in [5.41, 5.74) is 7.71. The fourth-order valence-electron chi connectivity index (χ4n) is 1.90. The Morgan fingerprint density at radius 3 is 2.79 bits per heavy atom. The van der Waals surface area contributed by atoms with E-state index in [-0.39, 0.29) is 0 Å². The van der Waals surface area contributed by atoms with Crippen LogP contribution in [0.2, 0.25) is 0 Å². The molecule has 0 unspecified atom stereocenters. The van der Waals surface area contributed by atoms with E-state index >= 15 is 0 Å². The van der Waals surface area contributed by atoms with Crippen LogP contribution in [0.1, 0.15) is 30.5 Å². The first-order chi connectivity index (χ1) is 8.99. The van der Waals surface area contributed by atoms with E-state index in [1.165, 1.54) is 8.66 Å². The number of nitrogens with zero attached hydrogens (tertiary/aromatic N) is 2. The lowest BCUT2D eigenvalue weighted by molar-refractivity contribution is 0.534. The fourth-order valence-corrected chi connectivity index (χ4v) is 3.38. The number of hydrogen-bond acceptors (Lipinski definition) is 4. The molecule has 0 fully saturated rings. The van der Waals surface area contributed by atoms with Crippen molar-refractivity contribution in [2.24, 2.45) is 0 Å². The van der Waals surface area contributed by atoms with Gasteiger partial charge in [0.15, 0.2) is 0 Å². The molecule has 3 N–H and O–H groups in total. The van der Waals surface area contributed by atoms with Crippen LogP contribution in [0, 0.1) is 6.92 Å². The standard InChI is InChI=1S/C13H19BrN4S/c1-8(2)18-13(12(15)9(3)17-18)16-7-6-10-4-5-11(14)19-10/h4-5,8,16H,6-7,15H2,1-3H3. The lowest BCUT2D eigenvalue weighted by Crippen LogP contribution is -2.13. The van der Waals surface area contributed by atoms with Gasteiger partial charge in [-0.25, -0.2) is 4.68 Å². The zero-order valence-electron chi connectivity index (χ0n) is 11.4. The molecule has 2 aromatic heterocycles. The molecular formula is C13H19BrN4S. The number of halogens is 1. The van der Waals surface area contributed by atoms with E-state index in [2.05, 4.69) is 52.3 Å². The van der Waals surface area contributed by atoms with Crippen molar-refractivity contribution in [1.29, 1.82) is 0 Å². The first kappa shape index (κ1) is 14.4. The summed E-state index contributed by atoms with van der Waals surface area (Å²) >= 11 is 5.24. The van der Waals surface area contributed by atoms with Gasteiger partial charge in [-0.1, -0.05) is 0 Å². The summed E-state index contributed by atoms with van der Waals surface area (Å²) in [7, 11) is 0. The Balaban J connectivity index is 2.03. The molecule has 0 aliphatic rings. The Bertz CT molecular complexity index is 559. The molecular weight excluding hydrogens is 324 g/mol. The molecule has 0 atom stereocenters. The van der Waals surface area contributed by atoms with Gasteiger partial charge in [0.1, 0.15) is 5.82 Å². The SMILES string of the molecule is Cc1nn(C(C)C)c(NCCc2ccc(Br)s2)c1N. The number of aryl methyl sites for hydroxylation is 1. The number of aromatic nitrogens is 2. The van der Waals surface area contributed by atoms with Gasteiger partial charge in [0, 0.05) is 17.5 Å². The van der Waals surface area contributed by atoms with E-state index in [1.807, 2.05) is 11.6 Å². The molecule has 2 heterocycles. The second kappa shape index (κ2) is 5.96. The van der Waals surface area contributed by atoms with Gasteiger partial charge >= 0.3 is 0 Å². The molecule has 0 spiro atoms. The van der Waals surface area contributed by atoms with Crippen molar-refractivity contribution in [2.75, 3.05) is 17.6 Å². The molecule has 6 heteroatoms. The maximum Gasteiger partial charge on any atom is 0.148 e. The Labute approximate surface area is 126 Å². The number of anilines is 2. The van der Waals surface area contributed by atoms with Crippen LogP contribution in [0.4, 0.5) is 11.5 Å². The van der Waals surface area contributed by atoms with Crippen molar-refractivity contribution in [2.45, 2.75) is 33.2 Å². The van der Waals surface area contributed by atoms with Crippen LogP contribution >= 0.6 is 27.3 Å². The lowest BCUT2D eigenvalue weighted by Gasteiger charge is -2.13. The molecule has 0 radical (unpaired) electrons. The van der Waals surface area contributed by atoms with Crippen molar-refractivity contribution in [3.8, 4) is 0 Å². The lowest BCUT2D eigenvalue weighted by atomic mass is 10.3. The molecule has 104 valence electrons. The van der Waals surface area contributed by atoms with Gasteiger partial charge < -0.3 is 11.1 Å². The summed E-state index contributed by atoms with van der Waals surface area (Å²) in [6.45, 7) is 7.01. The van der Waals surface area contributed by atoms with E-state index in [4.69, 9.17) is 5.73 Å². The minimum atomic E-state index is 0.300. The van der Waals surface area contributed by atoms with Crippen molar-refractivity contribution < 1.29 is 0 Å². The fraction of sp³-hybridized carbons (Fsp3) is 0.462. The van der Waals surface area contributed by atoms with Crippen LogP contribution < -0.4 is 11.1 Å². The third-order valence-electron chi connectivity index (χ3n) is 2.91. The zero-order chi connectivity index (χ0) is 14.0. The van der Waals surface area contributed by atoms with Crippen LogP contribution in [0.25, 0.3) is 0 Å². The highest BCUT2D eigenvalue weighted by Gasteiger charge is 2.14. The maximum absolute atomic E-state index is 6.07. The molecule has 19 heavy (non-hydrogen) atoms. The number of nitrogens with two attached hydrogens (primary N) is 1. The third kappa shape index (κ3) is 3.30. The van der Waals surface area contributed by atoms with E-state index in [1.54, 1.807) is 11.3 Å². The van der Waals surface area contributed by atoms with Crippen LogP contribution in [0.15, 0.2) is 15.9 Å². The number of hydrogen-bond donors (Lipinski definition) is 2. The van der Waals surface area contributed by atoms with Gasteiger partial charge in [-0.3, -0.25) is 0 Å². The highest BCUT2D eigenvalue weighted by atomic mass is 79.9. The minimum absolute atomic E-state index is 0.300. The summed E-state index contributed by atoms with van der Waals surface area (Å²) in [6.07, 6.45) is 0.984. The van der Waals surface area contributed by atoms with E-state index in [9.17, 15) is 0 Å². The molecule has 0 bridgehead atoms. The molecule has 0 amide bonds. The van der Waals surface area contributed by atoms with Crippen molar-refractivity contribution >= 4 is 38.8 Å². The monoisotopic (exact) mass is 342 g/mol. The van der Waals surface area contributed by atoms with Crippen LogP contribution in [-0.4, -0.2) is 16.3 Å². The van der Waals surface area contributed by atoms with Gasteiger partial charge in [-0.05, 0) is 55.3 Å². The maximum atomic E-state index is 6.07. The number of nitrogen functional groups attached to an aromatic ring is 1. The molecule has 0 saturated carbocycles. The average Bonchev–Trinajstić information content (AvgIpc) is 2.87. The molecule has 0 aromatic carbocycles. The Hall–Kier alpha value is -1.01. The highest BCUT2D eigenvalue weighted by Crippen LogP contribution is 2.26. The van der Waals surface area contributed by atoms with Crippen LogP contribution in [0.3, 0.4) is 0 Å². The second-order valence-electron chi connectivity index (χ2n) is 4.77. The minimum Gasteiger partial charge on any atom is -0.394 e. The summed E-state index contributed by atoms with van der Waals surface area (Å²) in [6, 6.07) is 4.52. The van der Waals surface area contributed by atoms with Crippen molar-refractivity contribution in [1.82, 2.24) is 9.78 Å². The summed E-state index contributed by atoms with van der Waals surface area (Å²) in [5, 5.41) is 7.87. The average molecular weight is 343 g/mol. The Morgan fingerprint density at radius 1 is 1.47 bits per heavy atom. The third-order valence-corrected chi connectivity index (χ3v) is 4.60. The Kier molecular flexibility index (Phi) is 4.52. The smallest absolute Gasteiger partial charge is 0.148 e. The second-order valence-corrected chi connectivity index (χ2v) is 7.32. The van der Waals surface area contributed by atoms with Crippen LogP contribution in [-0.2, 0) is 6.42 Å². The first-order valence-corrected chi connectivity index (χ1v) is 7.92. The largest absolute Gasteiger partial charge is 0.394 e. The van der Waals surface area contributed by atoms with E-state index in [0.717, 1.165) is 30.2 Å².